The first kappa shape index (κ1) is 33.8. The first-order valence-corrected chi connectivity index (χ1v) is 14.5. The number of pyridine rings is 1. The summed E-state index contributed by atoms with van der Waals surface area (Å²) in [6.07, 6.45) is 2.80. The van der Waals surface area contributed by atoms with E-state index in [4.69, 9.17) is 30.5 Å². The predicted octanol–water partition coefficient (Wildman–Crippen LogP) is 6.75. The molecule has 0 saturated heterocycles. The lowest BCUT2D eigenvalue weighted by Crippen LogP contribution is -2.24. The van der Waals surface area contributed by atoms with Crippen molar-refractivity contribution in [2.75, 3.05) is 26.4 Å². The number of carbonyl (C=O) groups excluding carboxylic acids is 3. The van der Waals surface area contributed by atoms with Gasteiger partial charge in [0, 0.05) is 38.1 Å². The van der Waals surface area contributed by atoms with Crippen LogP contribution in [0, 0.1) is 5.82 Å². The third-order valence-electron chi connectivity index (χ3n) is 5.90. The van der Waals surface area contributed by atoms with E-state index >= 15 is 0 Å². The highest BCUT2D eigenvalue weighted by atomic mass is 35.5. The molecule has 1 aromatic heterocycles. The van der Waals surface area contributed by atoms with E-state index in [0.717, 1.165) is 5.56 Å². The normalized spacial score (nSPS) is 11.3. The molecule has 8 nitrogen and oxygen atoms in total. The molecule has 10 heteroatoms. The van der Waals surface area contributed by atoms with Crippen molar-refractivity contribution < 1.29 is 37.7 Å². The van der Waals surface area contributed by atoms with E-state index in [1.54, 1.807) is 42.5 Å². The Morgan fingerprint density at radius 2 is 1.49 bits per heavy atom. The van der Waals surface area contributed by atoms with E-state index in [1.165, 1.54) is 18.3 Å². The van der Waals surface area contributed by atoms with Crippen molar-refractivity contribution in [1.82, 2.24) is 4.98 Å². The molecule has 0 unspecified atom stereocenters. The first-order chi connectivity index (χ1) is 20.5. The largest absolute Gasteiger partial charge is 0.460 e. The number of hydrogen-bond donors (Lipinski definition) is 0. The molecular weight excluding hydrogens is 577 g/mol. The number of hydrogen-bond acceptors (Lipinski definition) is 8. The van der Waals surface area contributed by atoms with Crippen LogP contribution in [-0.4, -0.2) is 54.5 Å². The number of ketones is 2. The van der Waals surface area contributed by atoms with Crippen LogP contribution in [0.3, 0.4) is 0 Å². The number of halogens is 2. The summed E-state index contributed by atoms with van der Waals surface area (Å²) < 4.78 is 35.6. The molecule has 43 heavy (non-hydrogen) atoms. The van der Waals surface area contributed by atoms with Crippen molar-refractivity contribution >= 4 is 29.1 Å². The zero-order chi connectivity index (χ0) is 31.2. The molecule has 0 atom stereocenters. The lowest BCUT2D eigenvalue weighted by molar-refractivity contribution is -0.156. The van der Waals surface area contributed by atoms with Gasteiger partial charge in [-0.15, -0.1) is 0 Å². The molecule has 0 N–H and O–H groups in total. The van der Waals surface area contributed by atoms with Crippen LogP contribution >= 0.6 is 11.6 Å². The molecule has 0 fully saturated rings. The monoisotopic (exact) mass is 613 g/mol. The number of Topliss-reactive ketones (excluding diaryl/α,β-unsaturated/α-hetero) is 2. The second-order valence-electron chi connectivity index (χ2n) is 10.9. The van der Waals surface area contributed by atoms with Crippen LogP contribution in [0.15, 0.2) is 60.8 Å². The minimum absolute atomic E-state index is 0.0238. The molecule has 0 spiro atoms. The van der Waals surface area contributed by atoms with Gasteiger partial charge >= 0.3 is 5.97 Å². The average Bonchev–Trinajstić information content (AvgIpc) is 2.94. The molecule has 3 aromatic rings. The van der Waals surface area contributed by atoms with Crippen molar-refractivity contribution in [2.24, 2.45) is 0 Å². The lowest BCUT2D eigenvalue weighted by Gasteiger charge is -2.19. The fourth-order valence-electron chi connectivity index (χ4n) is 3.94. The van der Waals surface area contributed by atoms with Gasteiger partial charge in [0.15, 0.2) is 5.78 Å². The molecule has 0 aliphatic rings. The van der Waals surface area contributed by atoms with Gasteiger partial charge in [0.1, 0.15) is 34.4 Å². The highest BCUT2D eigenvalue weighted by Gasteiger charge is 2.16. The molecule has 0 bridgehead atoms. The summed E-state index contributed by atoms with van der Waals surface area (Å²) in [5.74, 6) is -0.0218. The molecule has 1 heterocycles. The number of ether oxygens (including phenoxy) is 4. The third-order valence-corrected chi connectivity index (χ3v) is 6.20. The summed E-state index contributed by atoms with van der Waals surface area (Å²) in [4.78, 5) is 40.8. The van der Waals surface area contributed by atoms with Gasteiger partial charge < -0.3 is 18.9 Å². The molecule has 230 valence electrons. The van der Waals surface area contributed by atoms with Crippen LogP contribution in [0.2, 0.25) is 5.02 Å². The summed E-state index contributed by atoms with van der Waals surface area (Å²) in [6.45, 7) is 6.81. The average molecular weight is 614 g/mol. The summed E-state index contributed by atoms with van der Waals surface area (Å²) in [6, 6.07) is 14.7. The minimum Gasteiger partial charge on any atom is -0.460 e. The standard InChI is InChI=1S/C33H37ClFNO7/c1-33(2,3)43-32(39)13-16-41-18-17-40-15-4-5-31(38)30-22-27(12-14-36-30)42-26-9-6-23(7-10-26)19-25(37)20-24-8-11-28(34)29(35)21-24/h6-12,14,21-22H,4-5,13,15-20H2,1-3H3. The van der Waals surface area contributed by atoms with Crippen LogP contribution in [0.1, 0.15) is 61.6 Å². The van der Waals surface area contributed by atoms with E-state index in [1.807, 2.05) is 20.8 Å². The highest BCUT2D eigenvalue weighted by molar-refractivity contribution is 6.30. The molecular formula is C33H37ClFNO7. The number of aromatic nitrogens is 1. The maximum absolute atomic E-state index is 13.6. The Morgan fingerprint density at radius 3 is 2.19 bits per heavy atom. The zero-order valence-corrected chi connectivity index (χ0v) is 25.5. The van der Waals surface area contributed by atoms with Crippen LogP contribution in [0.4, 0.5) is 4.39 Å². The lowest BCUT2D eigenvalue weighted by atomic mass is 10.0. The van der Waals surface area contributed by atoms with Crippen LogP contribution < -0.4 is 4.74 Å². The predicted molar refractivity (Wildman–Crippen MR) is 160 cm³/mol. The van der Waals surface area contributed by atoms with Crippen molar-refractivity contribution in [3.8, 4) is 11.5 Å². The van der Waals surface area contributed by atoms with Gasteiger partial charge in [-0.1, -0.05) is 29.8 Å². The molecule has 0 saturated carbocycles. The van der Waals surface area contributed by atoms with E-state index in [0.29, 0.717) is 49.0 Å². The fourth-order valence-corrected chi connectivity index (χ4v) is 4.06. The van der Waals surface area contributed by atoms with Crippen molar-refractivity contribution in [1.29, 1.82) is 0 Å². The van der Waals surface area contributed by atoms with Gasteiger partial charge in [0.2, 0.25) is 0 Å². The van der Waals surface area contributed by atoms with Gasteiger partial charge in [0.05, 0.1) is 31.3 Å². The van der Waals surface area contributed by atoms with Crippen molar-refractivity contribution in [3.05, 3.63) is 88.5 Å². The summed E-state index contributed by atoms with van der Waals surface area (Å²) >= 11 is 5.70. The Labute approximate surface area is 256 Å². The first-order valence-electron chi connectivity index (χ1n) is 14.1. The van der Waals surface area contributed by atoms with Crippen LogP contribution in [-0.2, 0) is 36.6 Å². The Kier molecular flexibility index (Phi) is 13.3. The fraction of sp³-hybridized carbons (Fsp3) is 0.394. The molecule has 2 aromatic carbocycles. The molecule has 3 rings (SSSR count). The Bertz CT molecular complexity index is 1370. The number of benzene rings is 2. The van der Waals surface area contributed by atoms with E-state index < -0.39 is 11.4 Å². The van der Waals surface area contributed by atoms with E-state index in [2.05, 4.69) is 4.98 Å². The van der Waals surface area contributed by atoms with E-state index in [-0.39, 0.29) is 54.8 Å². The number of nitrogens with zero attached hydrogens (tertiary/aromatic N) is 1. The quantitative estimate of drug-likeness (QED) is 0.0936. The molecule has 0 aliphatic carbocycles. The molecule has 0 radical (unpaired) electrons. The SMILES string of the molecule is CC(C)(C)OC(=O)CCOCCOCCCC(=O)c1cc(Oc2ccc(CC(=O)Cc3ccc(Cl)c(F)c3)cc2)ccn1. The number of carbonyl (C=O) groups is 3. The maximum atomic E-state index is 13.6. The van der Waals surface area contributed by atoms with E-state index in [9.17, 15) is 18.8 Å². The van der Waals surface area contributed by atoms with Crippen LogP contribution in [0.25, 0.3) is 0 Å². The number of rotatable bonds is 17. The minimum atomic E-state index is -0.546. The Morgan fingerprint density at radius 1 is 0.814 bits per heavy atom. The summed E-state index contributed by atoms with van der Waals surface area (Å²) in [7, 11) is 0. The topological polar surface area (TPSA) is 101 Å². The van der Waals surface area contributed by atoms with Crippen molar-refractivity contribution in [2.45, 2.75) is 58.5 Å². The zero-order valence-electron chi connectivity index (χ0n) is 24.7. The van der Waals surface area contributed by atoms with Gasteiger partial charge in [-0.05, 0) is 68.7 Å². The summed E-state index contributed by atoms with van der Waals surface area (Å²) in [5.41, 5.74) is 1.15. The Hall–Kier alpha value is -3.66. The van der Waals surface area contributed by atoms with Crippen LogP contribution in [0.5, 0.6) is 11.5 Å². The van der Waals surface area contributed by atoms with Gasteiger partial charge in [-0.3, -0.25) is 19.4 Å². The molecule has 0 aliphatic heterocycles. The Balaban J connectivity index is 1.34. The molecule has 0 amide bonds. The second kappa shape index (κ2) is 16.8. The number of esters is 1. The van der Waals surface area contributed by atoms with Gasteiger partial charge in [-0.2, -0.15) is 0 Å². The summed E-state index contributed by atoms with van der Waals surface area (Å²) in [5, 5.41) is 0.0238. The van der Waals surface area contributed by atoms with Gasteiger partial charge in [0.25, 0.3) is 0 Å². The van der Waals surface area contributed by atoms with Gasteiger partial charge in [-0.25, -0.2) is 4.39 Å². The van der Waals surface area contributed by atoms with Crippen molar-refractivity contribution in [3.63, 3.8) is 0 Å². The second-order valence-corrected chi connectivity index (χ2v) is 11.3. The maximum Gasteiger partial charge on any atom is 0.308 e. The third kappa shape index (κ3) is 13.0. The highest BCUT2D eigenvalue weighted by Crippen LogP contribution is 2.23. The smallest absolute Gasteiger partial charge is 0.308 e.